The van der Waals surface area contributed by atoms with Crippen molar-refractivity contribution in [2.24, 2.45) is 5.41 Å². The van der Waals surface area contributed by atoms with Gasteiger partial charge in [0.1, 0.15) is 0 Å². The molecule has 1 aromatic rings. The highest BCUT2D eigenvalue weighted by molar-refractivity contribution is 6.17. The number of alkyl halides is 1. The average Bonchev–Trinajstić information content (AvgIpc) is 2.37. The van der Waals surface area contributed by atoms with Crippen LogP contribution in [0, 0.1) is 5.41 Å². The molecule has 0 aliphatic carbocycles. The first kappa shape index (κ1) is 15.6. The molecule has 0 aromatic heterocycles. The van der Waals surface area contributed by atoms with Crippen LogP contribution < -0.4 is 5.32 Å². The summed E-state index contributed by atoms with van der Waals surface area (Å²) in [4.78, 5) is 11.9. The summed E-state index contributed by atoms with van der Waals surface area (Å²) >= 11 is 5.66. The van der Waals surface area contributed by atoms with Crippen molar-refractivity contribution < 1.29 is 15.0 Å². The monoisotopic (exact) mass is 285 g/mol. The van der Waals surface area contributed by atoms with Crippen LogP contribution in [0.2, 0.25) is 0 Å². The third kappa shape index (κ3) is 4.99. The Labute approximate surface area is 118 Å². The quantitative estimate of drug-likeness (QED) is 0.556. The van der Waals surface area contributed by atoms with Crippen molar-refractivity contribution in [2.45, 2.75) is 26.7 Å². The van der Waals surface area contributed by atoms with E-state index in [1.807, 2.05) is 0 Å². The predicted octanol–water partition coefficient (Wildman–Crippen LogP) is 2.87. The Morgan fingerprint density at radius 1 is 1.32 bits per heavy atom. The van der Waals surface area contributed by atoms with Gasteiger partial charge >= 0.3 is 0 Å². The maximum Gasteiger partial charge on any atom is 0.251 e. The van der Waals surface area contributed by atoms with E-state index in [9.17, 15) is 15.0 Å². The van der Waals surface area contributed by atoms with Gasteiger partial charge in [-0.15, -0.1) is 11.6 Å². The van der Waals surface area contributed by atoms with E-state index in [1.54, 1.807) is 0 Å². The smallest absolute Gasteiger partial charge is 0.251 e. The van der Waals surface area contributed by atoms with Crippen molar-refractivity contribution in [1.82, 2.24) is 5.32 Å². The fourth-order valence-electron chi connectivity index (χ4n) is 1.72. The van der Waals surface area contributed by atoms with E-state index in [-0.39, 0.29) is 22.8 Å². The van der Waals surface area contributed by atoms with Crippen molar-refractivity contribution in [2.75, 3.05) is 12.4 Å². The molecule has 0 aliphatic rings. The second-order valence-electron chi connectivity index (χ2n) is 5.34. The number of benzene rings is 1. The predicted molar refractivity (Wildman–Crippen MR) is 75.8 cm³/mol. The normalized spacial score (nSPS) is 11.3. The number of nitrogens with one attached hydrogen (secondary N) is 1. The topological polar surface area (TPSA) is 69.6 Å². The van der Waals surface area contributed by atoms with E-state index < -0.39 is 0 Å². The molecule has 0 saturated carbocycles. The lowest BCUT2D eigenvalue weighted by Crippen LogP contribution is -2.34. The number of hydrogen-bond acceptors (Lipinski definition) is 3. The van der Waals surface area contributed by atoms with Crippen LogP contribution in [0.5, 0.6) is 11.5 Å². The van der Waals surface area contributed by atoms with Gasteiger partial charge in [0, 0.05) is 18.0 Å². The Morgan fingerprint density at radius 3 is 2.58 bits per heavy atom. The first-order valence-electron chi connectivity index (χ1n) is 6.22. The number of phenols is 2. The summed E-state index contributed by atoms with van der Waals surface area (Å²) in [6.45, 7) is 4.66. The molecule has 0 atom stereocenters. The minimum atomic E-state index is -0.297. The van der Waals surface area contributed by atoms with Crippen molar-refractivity contribution >= 4 is 17.5 Å². The molecule has 1 rings (SSSR count). The summed E-state index contributed by atoms with van der Waals surface area (Å²) in [5, 5.41) is 21.4. The Bertz CT molecular complexity index is 446. The summed E-state index contributed by atoms with van der Waals surface area (Å²) in [6, 6.07) is 4.01. The number of rotatable bonds is 6. The van der Waals surface area contributed by atoms with Gasteiger partial charge in [0.25, 0.3) is 5.91 Å². The molecular formula is C14H20ClNO3. The first-order valence-corrected chi connectivity index (χ1v) is 6.75. The first-order chi connectivity index (χ1) is 8.85. The van der Waals surface area contributed by atoms with E-state index in [0.717, 1.165) is 12.8 Å². The molecule has 0 fully saturated rings. The Balaban J connectivity index is 2.57. The Hall–Kier alpha value is -1.42. The molecule has 1 aromatic carbocycles. The van der Waals surface area contributed by atoms with Gasteiger partial charge in [-0.25, -0.2) is 0 Å². The van der Waals surface area contributed by atoms with Gasteiger partial charge in [0.15, 0.2) is 11.5 Å². The van der Waals surface area contributed by atoms with Gasteiger partial charge in [0.05, 0.1) is 0 Å². The molecule has 0 radical (unpaired) electrons. The van der Waals surface area contributed by atoms with Gasteiger partial charge in [0.2, 0.25) is 0 Å². The molecule has 5 heteroatoms. The molecule has 0 unspecified atom stereocenters. The highest BCUT2D eigenvalue weighted by Gasteiger charge is 2.19. The Kier molecular flexibility index (Phi) is 5.48. The zero-order valence-corrected chi connectivity index (χ0v) is 12.0. The van der Waals surface area contributed by atoms with Crippen LogP contribution in [-0.4, -0.2) is 28.5 Å². The lowest BCUT2D eigenvalue weighted by Gasteiger charge is -2.24. The molecule has 4 nitrogen and oxygen atoms in total. The van der Waals surface area contributed by atoms with Crippen molar-refractivity contribution in [1.29, 1.82) is 0 Å². The third-order valence-electron chi connectivity index (χ3n) is 2.95. The Morgan fingerprint density at radius 2 is 2.00 bits per heavy atom. The van der Waals surface area contributed by atoms with Crippen LogP contribution in [0.25, 0.3) is 0 Å². The average molecular weight is 286 g/mol. The number of hydrogen-bond donors (Lipinski definition) is 3. The van der Waals surface area contributed by atoms with Crippen molar-refractivity contribution in [3.63, 3.8) is 0 Å². The van der Waals surface area contributed by atoms with Crippen LogP contribution in [-0.2, 0) is 0 Å². The third-order valence-corrected chi connectivity index (χ3v) is 3.22. The zero-order valence-electron chi connectivity index (χ0n) is 11.2. The number of carbonyl (C=O) groups excluding carboxylic acids is 1. The summed E-state index contributed by atoms with van der Waals surface area (Å²) in [5.41, 5.74) is 0.298. The maximum atomic E-state index is 11.9. The highest BCUT2D eigenvalue weighted by Crippen LogP contribution is 2.25. The van der Waals surface area contributed by atoms with E-state index in [0.29, 0.717) is 18.0 Å². The van der Waals surface area contributed by atoms with Crippen LogP contribution in [0.15, 0.2) is 18.2 Å². The highest BCUT2D eigenvalue weighted by atomic mass is 35.5. The van der Waals surface area contributed by atoms with E-state index in [4.69, 9.17) is 11.6 Å². The summed E-state index contributed by atoms with van der Waals surface area (Å²) in [6.07, 6.45) is 1.84. The van der Waals surface area contributed by atoms with Gasteiger partial charge < -0.3 is 15.5 Å². The SMILES string of the molecule is CC(C)(CCCCl)CNC(=O)c1ccc(O)c(O)c1. The minimum absolute atomic E-state index is 0.0243. The number of aromatic hydroxyl groups is 2. The van der Waals surface area contributed by atoms with E-state index in [1.165, 1.54) is 18.2 Å². The number of halogens is 1. The van der Waals surface area contributed by atoms with Crippen molar-refractivity contribution in [3.05, 3.63) is 23.8 Å². The largest absolute Gasteiger partial charge is 0.504 e. The zero-order chi connectivity index (χ0) is 14.5. The molecule has 0 aliphatic heterocycles. The number of carbonyl (C=O) groups is 1. The summed E-state index contributed by atoms with van der Waals surface area (Å²) in [7, 11) is 0. The van der Waals surface area contributed by atoms with Crippen LogP contribution in [0.1, 0.15) is 37.0 Å². The molecule has 3 N–H and O–H groups in total. The summed E-state index contributed by atoms with van der Waals surface area (Å²) in [5.74, 6) is -0.189. The van der Waals surface area contributed by atoms with Gasteiger partial charge in [-0.3, -0.25) is 4.79 Å². The molecule has 0 bridgehead atoms. The molecule has 0 spiro atoms. The van der Waals surface area contributed by atoms with Crippen LogP contribution in [0.3, 0.4) is 0 Å². The molecule has 106 valence electrons. The van der Waals surface area contributed by atoms with Gasteiger partial charge in [-0.2, -0.15) is 0 Å². The van der Waals surface area contributed by atoms with E-state index in [2.05, 4.69) is 19.2 Å². The van der Waals surface area contributed by atoms with E-state index >= 15 is 0 Å². The molecule has 0 heterocycles. The molecule has 1 amide bonds. The molecule has 0 saturated heterocycles. The fourth-order valence-corrected chi connectivity index (χ4v) is 1.85. The molecule has 19 heavy (non-hydrogen) atoms. The maximum absolute atomic E-state index is 11.9. The number of amides is 1. The van der Waals surface area contributed by atoms with Crippen molar-refractivity contribution in [3.8, 4) is 11.5 Å². The lowest BCUT2D eigenvalue weighted by atomic mass is 9.88. The van der Waals surface area contributed by atoms with Crippen LogP contribution in [0.4, 0.5) is 0 Å². The van der Waals surface area contributed by atoms with Gasteiger partial charge in [-0.1, -0.05) is 13.8 Å². The second kappa shape index (κ2) is 6.66. The standard InChI is InChI=1S/C14H20ClNO3/c1-14(2,6-3-7-15)9-16-13(19)10-4-5-11(17)12(18)8-10/h4-5,8,17-18H,3,6-7,9H2,1-2H3,(H,16,19). The number of phenolic OH excluding ortho intramolecular Hbond substituents is 2. The second-order valence-corrected chi connectivity index (χ2v) is 5.72. The summed E-state index contributed by atoms with van der Waals surface area (Å²) < 4.78 is 0. The molecular weight excluding hydrogens is 266 g/mol. The minimum Gasteiger partial charge on any atom is -0.504 e. The van der Waals surface area contributed by atoms with Crippen LogP contribution >= 0.6 is 11.6 Å². The fraction of sp³-hybridized carbons (Fsp3) is 0.500. The lowest BCUT2D eigenvalue weighted by molar-refractivity contribution is 0.0934. The van der Waals surface area contributed by atoms with Gasteiger partial charge in [-0.05, 0) is 36.5 Å².